The van der Waals surface area contributed by atoms with Gasteiger partial charge in [0.1, 0.15) is 5.69 Å². The van der Waals surface area contributed by atoms with Gasteiger partial charge in [-0.1, -0.05) is 24.6 Å². The summed E-state index contributed by atoms with van der Waals surface area (Å²) in [5.74, 6) is -2.32. The van der Waals surface area contributed by atoms with E-state index in [1.807, 2.05) is 0 Å². The molecule has 32 heavy (non-hydrogen) atoms. The molecule has 0 unspecified atom stereocenters. The highest BCUT2D eigenvalue weighted by atomic mass is 19.4. The number of anilines is 2. The van der Waals surface area contributed by atoms with Crippen molar-refractivity contribution in [1.82, 2.24) is 9.97 Å². The molecule has 3 aromatic rings. The van der Waals surface area contributed by atoms with Crippen molar-refractivity contribution in [2.24, 2.45) is 0 Å². The van der Waals surface area contributed by atoms with E-state index < -0.39 is 34.8 Å². The Labute approximate surface area is 179 Å². The minimum absolute atomic E-state index is 0.0126. The summed E-state index contributed by atoms with van der Waals surface area (Å²) in [6, 6.07) is 5.50. The first kappa shape index (κ1) is 21.5. The fourth-order valence-electron chi connectivity index (χ4n) is 3.51. The number of nitrogen functional groups attached to an aromatic ring is 1. The van der Waals surface area contributed by atoms with Crippen LogP contribution in [0.1, 0.15) is 62.8 Å². The highest BCUT2D eigenvalue weighted by Crippen LogP contribution is 2.39. The number of nitrogens with two attached hydrogens (primary N) is 1. The SMILES string of the molecule is Nc1c(NC(=O)c2cc(C(=O)c3ccccc3C(F)(F)F)c[nH]2)cnc(C2CCC2)c1F. The molecule has 0 radical (unpaired) electrons. The van der Waals surface area contributed by atoms with Gasteiger partial charge in [-0.05, 0) is 25.0 Å². The molecule has 166 valence electrons. The maximum atomic E-state index is 14.5. The smallest absolute Gasteiger partial charge is 0.395 e. The number of nitrogens with one attached hydrogen (secondary N) is 2. The molecule has 2 heterocycles. The highest BCUT2D eigenvalue weighted by molar-refractivity contribution is 6.12. The van der Waals surface area contributed by atoms with Gasteiger partial charge in [-0.2, -0.15) is 13.2 Å². The Morgan fingerprint density at radius 1 is 1.19 bits per heavy atom. The van der Waals surface area contributed by atoms with E-state index in [1.165, 1.54) is 18.3 Å². The van der Waals surface area contributed by atoms with Crippen molar-refractivity contribution in [3.8, 4) is 0 Å². The summed E-state index contributed by atoms with van der Waals surface area (Å²) in [4.78, 5) is 31.8. The van der Waals surface area contributed by atoms with Crippen LogP contribution in [0.2, 0.25) is 0 Å². The summed E-state index contributed by atoms with van der Waals surface area (Å²) in [5, 5.41) is 2.41. The molecule has 1 saturated carbocycles. The summed E-state index contributed by atoms with van der Waals surface area (Å²) >= 11 is 0. The van der Waals surface area contributed by atoms with Crippen LogP contribution in [0.5, 0.6) is 0 Å². The van der Waals surface area contributed by atoms with E-state index in [0.29, 0.717) is 0 Å². The topological polar surface area (TPSA) is 101 Å². The number of carbonyl (C=O) groups excluding carboxylic acids is 2. The monoisotopic (exact) mass is 446 g/mol. The van der Waals surface area contributed by atoms with Crippen molar-refractivity contribution in [1.29, 1.82) is 0 Å². The van der Waals surface area contributed by atoms with E-state index in [1.54, 1.807) is 0 Å². The fourth-order valence-corrected chi connectivity index (χ4v) is 3.51. The Balaban J connectivity index is 1.54. The molecule has 0 saturated heterocycles. The molecule has 10 heteroatoms. The van der Waals surface area contributed by atoms with E-state index in [0.717, 1.165) is 43.7 Å². The number of hydrogen-bond acceptors (Lipinski definition) is 4. The summed E-state index contributed by atoms with van der Waals surface area (Å²) in [5.41, 5.74) is 3.93. The van der Waals surface area contributed by atoms with Gasteiger partial charge in [-0.25, -0.2) is 4.39 Å². The van der Waals surface area contributed by atoms with Crippen molar-refractivity contribution in [2.45, 2.75) is 31.4 Å². The number of ketones is 1. The minimum atomic E-state index is -4.71. The second-order valence-corrected chi connectivity index (χ2v) is 7.54. The van der Waals surface area contributed by atoms with Crippen LogP contribution in [0.25, 0.3) is 0 Å². The Kier molecular flexibility index (Phi) is 5.45. The highest BCUT2D eigenvalue weighted by Gasteiger charge is 2.35. The normalized spacial score (nSPS) is 14.1. The Hall–Kier alpha value is -3.69. The first-order chi connectivity index (χ1) is 15.2. The Bertz CT molecular complexity index is 1200. The van der Waals surface area contributed by atoms with Crippen molar-refractivity contribution >= 4 is 23.1 Å². The second-order valence-electron chi connectivity index (χ2n) is 7.54. The van der Waals surface area contributed by atoms with E-state index in [4.69, 9.17) is 5.73 Å². The first-order valence-corrected chi connectivity index (χ1v) is 9.81. The number of halogens is 4. The number of hydrogen-bond donors (Lipinski definition) is 3. The molecule has 0 aliphatic heterocycles. The van der Waals surface area contributed by atoms with Gasteiger partial charge in [0.05, 0.1) is 28.8 Å². The number of carbonyl (C=O) groups is 2. The number of pyridine rings is 1. The van der Waals surface area contributed by atoms with Crippen LogP contribution < -0.4 is 11.1 Å². The molecule has 6 nitrogen and oxygen atoms in total. The third kappa shape index (κ3) is 3.95. The Morgan fingerprint density at radius 3 is 2.56 bits per heavy atom. The van der Waals surface area contributed by atoms with Gasteiger partial charge in [-0.3, -0.25) is 14.6 Å². The minimum Gasteiger partial charge on any atom is -0.395 e. The van der Waals surface area contributed by atoms with Gasteiger partial charge >= 0.3 is 6.18 Å². The maximum absolute atomic E-state index is 14.5. The molecular formula is C22H18F4N4O2. The van der Waals surface area contributed by atoms with Crippen LogP contribution in [-0.2, 0) is 6.18 Å². The van der Waals surface area contributed by atoms with E-state index >= 15 is 0 Å². The third-order valence-electron chi connectivity index (χ3n) is 5.49. The number of nitrogens with zero attached hydrogens (tertiary/aromatic N) is 1. The maximum Gasteiger partial charge on any atom is 0.417 e. The average molecular weight is 446 g/mol. The number of H-pyrrole nitrogens is 1. The number of benzene rings is 1. The van der Waals surface area contributed by atoms with Gasteiger partial charge in [0, 0.05) is 23.2 Å². The van der Waals surface area contributed by atoms with Gasteiger partial charge in [0.15, 0.2) is 11.6 Å². The van der Waals surface area contributed by atoms with E-state index in [-0.39, 0.29) is 34.2 Å². The Morgan fingerprint density at radius 2 is 1.91 bits per heavy atom. The molecule has 0 bridgehead atoms. The lowest BCUT2D eigenvalue weighted by molar-refractivity contribution is -0.137. The van der Waals surface area contributed by atoms with Crippen LogP contribution in [-0.4, -0.2) is 21.7 Å². The summed E-state index contributed by atoms with van der Waals surface area (Å²) in [7, 11) is 0. The summed E-state index contributed by atoms with van der Waals surface area (Å²) in [6.45, 7) is 0. The molecule has 1 aliphatic rings. The van der Waals surface area contributed by atoms with Gasteiger partial charge in [0.2, 0.25) is 0 Å². The molecule has 1 aliphatic carbocycles. The predicted molar refractivity (Wildman–Crippen MR) is 109 cm³/mol. The lowest BCUT2D eigenvalue weighted by atomic mass is 9.82. The van der Waals surface area contributed by atoms with Crippen LogP contribution >= 0.6 is 0 Å². The van der Waals surface area contributed by atoms with Crippen LogP contribution in [0.3, 0.4) is 0 Å². The predicted octanol–water partition coefficient (Wildman–Crippen LogP) is 4.90. The molecular weight excluding hydrogens is 428 g/mol. The van der Waals surface area contributed by atoms with Gasteiger partial charge in [-0.15, -0.1) is 0 Å². The molecule has 1 aromatic carbocycles. The van der Waals surface area contributed by atoms with Gasteiger partial charge < -0.3 is 16.0 Å². The number of aromatic nitrogens is 2. The lowest BCUT2D eigenvalue weighted by Crippen LogP contribution is -2.18. The van der Waals surface area contributed by atoms with Crippen molar-refractivity contribution in [2.75, 3.05) is 11.1 Å². The van der Waals surface area contributed by atoms with E-state index in [2.05, 4.69) is 15.3 Å². The molecule has 1 amide bonds. The van der Waals surface area contributed by atoms with Gasteiger partial charge in [0.25, 0.3) is 5.91 Å². The molecule has 1 fully saturated rings. The van der Waals surface area contributed by atoms with Crippen molar-refractivity contribution in [3.63, 3.8) is 0 Å². The molecule has 4 rings (SSSR count). The molecule has 0 atom stereocenters. The molecule has 0 spiro atoms. The number of rotatable bonds is 5. The summed E-state index contributed by atoms with van der Waals surface area (Å²) < 4.78 is 54.1. The molecule has 4 N–H and O–H groups in total. The zero-order valence-electron chi connectivity index (χ0n) is 16.6. The number of alkyl halides is 3. The standard InChI is InChI=1S/C22H18F4N4O2/c23-17-18(27)16(10-29-19(17)11-4-3-5-11)30-21(32)15-8-12(9-28-15)20(31)13-6-1-2-7-14(13)22(24,25)26/h1-2,6-11,28H,3-5H2,(H2,27,29)(H,30,32). The fraction of sp³-hybridized carbons (Fsp3) is 0.227. The van der Waals surface area contributed by atoms with Crippen LogP contribution in [0, 0.1) is 5.82 Å². The molecule has 2 aromatic heterocycles. The van der Waals surface area contributed by atoms with Crippen LogP contribution in [0.4, 0.5) is 28.9 Å². The zero-order valence-corrected chi connectivity index (χ0v) is 16.6. The lowest BCUT2D eigenvalue weighted by Gasteiger charge is -2.25. The number of aromatic amines is 1. The van der Waals surface area contributed by atoms with E-state index in [9.17, 15) is 27.2 Å². The first-order valence-electron chi connectivity index (χ1n) is 9.81. The second kappa shape index (κ2) is 8.10. The number of amides is 1. The quantitative estimate of drug-likeness (QED) is 0.383. The summed E-state index contributed by atoms with van der Waals surface area (Å²) in [6.07, 6.45) is 0.330. The zero-order chi connectivity index (χ0) is 23.0. The van der Waals surface area contributed by atoms with Crippen molar-refractivity contribution in [3.05, 3.63) is 76.6 Å². The third-order valence-corrected chi connectivity index (χ3v) is 5.49. The van der Waals surface area contributed by atoms with Crippen molar-refractivity contribution < 1.29 is 27.2 Å². The average Bonchev–Trinajstić information content (AvgIpc) is 3.21. The van der Waals surface area contributed by atoms with Crippen LogP contribution in [0.15, 0.2) is 42.7 Å². The largest absolute Gasteiger partial charge is 0.417 e.